The molecular formula is C11H15BrFNO. The van der Waals surface area contributed by atoms with Gasteiger partial charge in [0.15, 0.2) is 0 Å². The summed E-state index contributed by atoms with van der Waals surface area (Å²) in [5.41, 5.74) is 1.02. The predicted molar refractivity (Wildman–Crippen MR) is 62.1 cm³/mol. The van der Waals surface area contributed by atoms with Gasteiger partial charge in [-0.2, -0.15) is 0 Å². The standard InChI is InChI=1S/C11H15BrFNO/c1-8(15)4-5-14-7-9-2-3-10(13)6-11(9)12/h2-3,6,8,14-15H,4-5,7H2,1H3. The van der Waals surface area contributed by atoms with E-state index in [0.29, 0.717) is 6.54 Å². The van der Waals surface area contributed by atoms with Crippen LogP contribution in [0.1, 0.15) is 18.9 Å². The average Bonchev–Trinajstić information content (AvgIpc) is 2.14. The Morgan fingerprint density at radius 1 is 1.53 bits per heavy atom. The van der Waals surface area contributed by atoms with Gasteiger partial charge in [-0.1, -0.05) is 22.0 Å². The first-order valence-corrected chi connectivity index (χ1v) is 5.71. The molecule has 0 bridgehead atoms. The topological polar surface area (TPSA) is 32.3 Å². The lowest BCUT2D eigenvalue weighted by Gasteiger charge is -2.08. The number of nitrogens with one attached hydrogen (secondary N) is 1. The van der Waals surface area contributed by atoms with Gasteiger partial charge >= 0.3 is 0 Å². The van der Waals surface area contributed by atoms with Crippen LogP contribution in [0.5, 0.6) is 0 Å². The monoisotopic (exact) mass is 275 g/mol. The molecule has 0 fully saturated rings. The van der Waals surface area contributed by atoms with Gasteiger partial charge in [0.05, 0.1) is 6.10 Å². The van der Waals surface area contributed by atoms with Crippen molar-refractivity contribution in [3.05, 3.63) is 34.1 Å². The van der Waals surface area contributed by atoms with Gasteiger partial charge in [0.2, 0.25) is 0 Å². The van der Waals surface area contributed by atoms with Gasteiger partial charge in [-0.3, -0.25) is 0 Å². The second-order valence-electron chi connectivity index (χ2n) is 3.55. The van der Waals surface area contributed by atoms with Crippen LogP contribution in [-0.4, -0.2) is 17.8 Å². The maximum Gasteiger partial charge on any atom is 0.124 e. The van der Waals surface area contributed by atoms with Crippen molar-refractivity contribution in [3.63, 3.8) is 0 Å². The van der Waals surface area contributed by atoms with Crippen LogP contribution in [0.2, 0.25) is 0 Å². The highest BCUT2D eigenvalue weighted by molar-refractivity contribution is 9.10. The molecule has 2 N–H and O–H groups in total. The molecule has 0 saturated heterocycles. The molecule has 0 amide bonds. The lowest BCUT2D eigenvalue weighted by Crippen LogP contribution is -2.18. The first-order valence-electron chi connectivity index (χ1n) is 4.92. The van der Waals surface area contributed by atoms with E-state index >= 15 is 0 Å². The van der Waals surface area contributed by atoms with Crippen LogP contribution in [0.3, 0.4) is 0 Å². The van der Waals surface area contributed by atoms with E-state index in [0.717, 1.165) is 23.0 Å². The molecule has 1 rings (SSSR count). The summed E-state index contributed by atoms with van der Waals surface area (Å²) in [7, 11) is 0. The van der Waals surface area contributed by atoms with Crippen molar-refractivity contribution in [1.29, 1.82) is 0 Å². The Hall–Kier alpha value is -0.450. The van der Waals surface area contributed by atoms with E-state index in [-0.39, 0.29) is 11.9 Å². The molecule has 0 radical (unpaired) electrons. The van der Waals surface area contributed by atoms with Crippen molar-refractivity contribution in [2.24, 2.45) is 0 Å². The molecule has 0 heterocycles. The van der Waals surface area contributed by atoms with Crippen LogP contribution in [0.4, 0.5) is 4.39 Å². The lowest BCUT2D eigenvalue weighted by atomic mass is 10.2. The zero-order valence-electron chi connectivity index (χ0n) is 8.63. The second-order valence-corrected chi connectivity index (χ2v) is 4.40. The van der Waals surface area contributed by atoms with Gasteiger partial charge in [0.25, 0.3) is 0 Å². The molecule has 84 valence electrons. The molecule has 1 unspecified atom stereocenters. The number of hydrogen-bond donors (Lipinski definition) is 2. The third-order valence-corrected chi connectivity index (χ3v) is 2.81. The van der Waals surface area contributed by atoms with Crippen molar-refractivity contribution in [3.8, 4) is 0 Å². The zero-order chi connectivity index (χ0) is 11.3. The minimum atomic E-state index is -0.283. The molecule has 0 spiro atoms. The zero-order valence-corrected chi connectivity index (χ0v) is 10.2. The summed E-state index contributed by atoms with van der Waals surface area (Å²) in [5, 5.41) is 12.2. The Bertz CT molecular complexity index is 317. The Morgan fingerprint density at radius 2 is 2.27 bits per heavy atom. The van der Waals surface area contributed by atoms with Gasteiger partial charge in [-0.15, -0.1) is 0 Å². The van der Waals surface area contributed by atoms with Crippen LogP contribution in [0, 0.1) is 5.82 Å². The highest BCUT2D eigenvalue weighted by Gasteiger charge is 2.01. The molecule has 2 nitrogen and oxygen atoms in total. The number of hydrogen-bond acceptors (Lipinski definition) is 2. The molecule has 4 heteroatoms. The second kappa shape index (κ2) is 6.20. The summed E-state index contributed by atoms with van der Waals surface area (Å²) in [6.45, 7) is 3.19. The smallest absolute Gasteiger partial charge is 0.124 e. The molecule has 0 saturated carbocycles. The van der Waals surface area contributed by atoms with E-state index in [1.807, 2.05) is 0 Å². The molecule has 1 atom stereocenters. The van der Waals surface area contributed by atoms with E-state index in [1.54, 1.807) is 13.0 Å². The lowest BCUT2D eigenvalue weighted by molar-refractivity contribution is 0.183. The average molecular weight is 276 g/mol. The Morgan fingerprint density at radius 3 is 2.87 bits per heavy atom. The fraction of sp³-hybridized carbons (Fsp3) is 0.455. The van der Waals surface area contributed by atoms with E-state index in [9.17, 15) is 4.39 Å². The SMILES string of the molecule is CC(O)CCNCc1ccc(F)cc1Br. The van der Waals surface area contributed by atoms with Crippen molar-refractivity contribution >= 4 is 15.9 Å². The Balaban J connectivity index is 2.37. The van der Waals surface area contributed by atoms with Crippen LogP contribution < -0.4 is 5.32 Å². The fourth-order valence-corrected chi connectivity index (χ4v) is 1.69. The molecule has 0 aromatic heterocycles. The fourth-order valence-electron chi connectivity index (χ4n) is 1.20. The first-order chi connectivity index (χ1) is 7.09. The molecule has 0 aliphatic rings. The molecule has 1 aromatic carbocycles. The Kier molecular flexibility index (Phi) is 5.22. The largest absolute Gasteiger partial charge is 0.393 e. The summed E-state index contributed by atoms with van der Waals surface area (Å²) in [6, 6.07) is 4.64. The molecule has 15 heavy (non-hydrogen) atoms. The van der Waals surface area contributed by atoms with E-state index in [4.69, 9.17) is 5.11 Å². The number of benzene rings is 1. The highest BCUT2D eigenvalue weighted by atomic mass is 79.9. The minimum Gasteiger partial charge on any atom is -0.393 e. The van der Waals surface area contributed by atoms with Gasteiger partial charge in [0, 0.05) is 11.0 Å². The first kappa shape index (κ1) is 12.6. The van der Waals surface area contributed by atoms with Crippen LogP contribution in [0.15, 0.2) is 22.7 Å². The van der Waals surface area contributed by atoms with E-state index in [1.165, 1.54) is 12.1 Å². The molecule has 0 aliphatic carbocycles. The van der Waals surface area contributed by atoms with Gasteiger partial charge in [-0.05, 0) is 37.6 Å². The van der Waals surface area contributed by atoms with Crippen LogP contribution >= 0.6 is 15.9 Å². The number of halogens is 2. The van der Waals surface area contributed by atoms with Crippen molar-refractivity contribution < 1.29 is 9.50 Å². The maximum absolute atomic E-state index is 12.8. The van der Waals surface area contributed by atoms with Gasteiger partial charge < -0.3 is 10.4 Å². The maximum atomic E-state index is 12.8. The summed E-state index contributed by atoms with van der Waals surface area (Å²) >= 11 is 3.30. The molecule has 0 aliphatic heterocycles. The number of aliphatic hydroxyl groups is 1. The van der Waals surface area contributed by atoms with Crippen molar-refractivity contribution in [2.45, 2.75) is 26.0 Å². The summed E-state index contributed by atoms with van der Waals surface area (Å²) in [4.78, 5) is 0. The van der Waals surface area contributed by atoms with Crippen molar-refractivity contribution in [1.82, 2.24) is 5.32 Å². The normalized spacial score (nSPS) is 12.8. The van der Waals surface area contributed by atoms with Crippen LogP contribution in [-0.2, 0) is 6.54 Å². The predicted octanol–water partition coefficient (Wildman–Crippen LogP) is 2.45. The van der Waals surface area contributed by atoms with Crippen molar-refractivity contribution in [2.75, 3.05) is 6.54 Å². The van der Waals surface area contributed by atoms with E-state index in [2.05, 4.69) is 21.2 Å². The summed E-state index contributed by atoms with van der Waals surface area (Å²) < 4.78 is 13.5. The number of rotatable bonds is 5. The van der Waals surface area contributed by atoms with E-state index < -0.39 is 0 Å². The molecule has 1 aromatic rings. The highest BCUT2D eigenvalue weighted by Crippen LogP contribution is 2.17. The molecular weight excluding hydrogens is 261 g/mol. The van der Waals surface area contributed by atoms with Gasteiger partial charge in [-0.25, -0.2) is 4.39 Å². The third kappa shape index (κ3) is 4.73. The minimum absolute atomic E-state index is 0.241. The quantitative estimate of drug-likeness (QED) is 0.810. The van der Waals surface area contributed by atoms with Crippen LogP contribution in [0.25, 0.3) is 0 Å². The summed E-state index contributed by atoms with van der Waals surface area (Å²) in [6.07, 6.45) is 0.438. The summed E-state index contributed by atoms with van der Waals surface area (Å²) in [5.74, 6) is -0.241. The third-order valence-electron chi connectivity index (χ3n) is 2.07. The van der Waals surface area contributed by atoms with Gasteiger partial charge in [0.1, 0.15) is 5.82 Å². The number of aliphatic hydroxyl groups excluding tert-OH is 1. The Labute approximate surface area is 97.6 Å².